The molecule has 2 heteroatoms. The summed E-state index contributed by atoms with van der Waals surface area (Å²) in [5.41, 5.74) is 4.47. The van der Waals surface area contributed by atoms with Crippen molar-refractivity contribution < 1.29 is 5.11 Å². The summed E-state index contributed by atoms with van der Waals surface area (Å²) in [4.78, 5) is 0. The van der Waals surface area contributed by atoms with Crippen molar-refractivity contribution in [1.82, 2.24) is 5.32 Å². The monoisotopic (exact) mass is 299 g/mol. The molecule has 1 aliphatic heterocycles. The molecule has 1 heterocycles. The number of phenols is 1. The number of fused-ring (bicyclic) bond motifs is 4. The molecule has 1 saturated heterocycles. The van der Waals surface area contributed by atoms with Gasteiger partial charge in [0.1, 0.15) is 5.75 Å². The van der Waals surface area contributed by atoms with Crippen LogP contribution in [0.25, 0.3) is 0 Å². The number of allylic oxidation sites excluding steroid dienone is 2. The van der Waals surface area contributed by atoms with E-state index in [-0.39, 0.29) is 5.41 Å². The molecule has 4 atom stereocenters. The summed E-state index contributed by atoms with van der Waals surface area (Å²) >= 11 is 0. The van der Waals surface area contributed by atoms with Crippen molar-refractivity contribution in [3.05, 3.63) is 41.0 Å². The summed E-state index contributed by atoms with van der Waals surface area (Å²) in [6.45, 7) is 10.2. The molecule has 0 aromatic heterocycles. The number of hydrogen-bond donors (Lipinski definition) is 2. The first kappa shape index (κ1) is 15.6. The van der Waals surface area contributed by atoms with Crippen molar-refractivity contribution in [2.24, 2.45) is 5.92 Å². The van der Waals surface area contributed by atoms with Gasteiger partial charge in [-0.3, -0.25) is 0 Å². The van der Waals surface area contributed by atoms with Gasteiger partial charge in [0, 0.05) is 17.4 Å². The highest BCUT2D eigenvalue weighted by Crippen LogP contribution is 2.53. The van der Waals surface area contributed by atoms with Crippen LogP contribution in [0.5, 0.6) is 5.75 Å². The van der Waals surface area contributed by atoms with Gasteiger partial charge in [0.2, 0.25) is 0 Å². The van der Waals surface area contributed by atoms with Gasteiger partial charge >= 0.3 is 0 Å². The first-order valence-corrected chi connectivity index (χ1v) is 8.69. The van der Waals surface area contributed by atoms with Crippen LogP contribution in [0.15, 0.2) is 29.8 Å². The fourth-order valence-corrected chi connectivity index (χ4v) is 4.90. The van der Waals surface area contributed by atoms with E-state index in [1.807, 2.05) is 12.1 Å². The largest absolute Gasteiger partial charge is 0.508 e. The Bertz CT molecular complexity index is 587. The summed E-state index contributed by atoms with van der Waals surface area (Å²) in [6.07, 6.45) is 5.77. The maximum atomic E-state index is 10.1. The first-order chi connectivity index (χ1) is 10.5. The molecular weight excluding hydrogens is 270 g/mol. The van der Waals surface area contributed by atoms with Gasteiger partial charge in [0.05, 0.1) is 0 Å². The number of rotatable bonds is 3. The molecule has 1 aliphatic carbocycles. The molecule has 0 saturated carbocycles. The standard InChI is InChI=1S/C20H29NO/c1-5-20-10-11-21-19(14(20)4)17(8-6-13(2)3)16-9-7-15(22)12-18(16)20/h6-7,9,12,14,17,19,21-22H,5,8,10-11H2,1-4H3. The quantitative estimate of drug-likeness (QED) is 0.806. The second-order valence-corrected chi connectivity index (χ2v) is 7.42. The summed E-state index contributed by atoms with van der Waals surface area (Å²) in [5, 5.41) is 13.9. The molecular formula is C20H29NO. The third-order valence-electron chi connectivity index (χ3n) is 6.18. The molecule has 0 radical (unpaired) electrons. The molecule has 3 rings (SSSR count). The van der Waals surface area contributed by atoms with Crippen molar-refractivity contribution in [2.75, 3.05) is 6.54 Å². The van der Waals surface area contributed by atoms with Crippen LogP contribution >= 0.6 is 0 Å². The Morgan fingerprint density at radius 1 is 1.41 bits per heavy atom. The lowest BCUT2D eigenvalue weighted by atomic mass is 9.54. The Hall–Kier alpha value is -1.28. The van der Waals surface area contributed by atoms with E-state index in [0.717, 1.165) is 19.4 Å². The number of piperidine rings is 1. The van der Waals surface area contributed by atoms with E-state index < -0.39 is 0 Å². The molecule has 2 aliphatic rings. The van der Waals surface area contributed by atoms with E-state index >= 15 is 0 Å². The van der Waals surface area contributed by atoms with Crippen LogP contribution in [-0.2, 0) is 5.41 Å². The van der Waals surface area contributed by atoms with Gasteiger partial charge in [-0.2, -0.15) is 0 Å². The summed E-state index contributed by atoms with van der Waals surface area (Å²) in [6, 6.07) is 6.63. The van der Waals surface area contributed by atoms with Crippen molar-refractivity contribution in [1.29, 1.82) is 0 Å². The highest BCUT2D eigenvalue weighted by molar-refractivity contribution is 5.47. The van der Waals surface area contributed by atoms with Crippen molar-refractivity contribution in [2.45, 2.75) is 64.3 Å². The van der Waals surface area contributed by atoms with Crippen LogP contribution in [0.3, 0.4) is 0 Å². The van der Waals surface area contributed by atoms with Gasteiger partial charge in [0.15, 0.2) is 0 Å². The number of nitrogens with one attached hydrogen (secondary N) is 1. The van der Waals surface area contributed by atoms with Crippen LogP contribution < -0.4 is 5.32 Å². The van der Waals surface area contributed by atoms with Crippen LogP contribution in [0.4, 0.5) is 0 Å². The minimum atomic E-state index is 0.228. The molecule has 120 valence electrons. The summed E-state index contributed by atoms with van der Waals surface area (Å²) in [5.74, 6) is 1.54. The molecule has 2 nitrogen and oxygen atoms in total. The second-order valence-electron chi connectivity index (χ2n) is 7.42. The number of hydrogen-bond acceptors (Lipinski definition) is 2. The predicted octanol–water partition coefficient (Wildman–Crippen LogP) is 4.49. The Morgan fingerprint density at radius 3 is 2.86 bits per heavy atom. The fraction of sp³-hybridized carbons (Fsp3) is 0.600. The minimum Gasteiger partial charge on any atom is -0.508 e. The van der Waals surface area contributed by atoms with E-state index in [9.17, 15) is 5.11 Å². The van der Waals surface area contributed by atoms with E-state index in [1.165, 1.54) is 23.1 Å². The lowest BCUT2D eigenvalue weighted by Gasteiger charge is -2.55. The molecule has 4 unspecified atom stereocenters. The van der Waals surface area contributed by atoms with Crippen LogP contribution in [0.1, 0.15) is 64.0 Å². The van der Waals surface area contributed by atoms with E-state index in [1.54, 1.807) is 0 Å². The van der Waals surface area contributed by atoms with Crippen molar-refractivity contribution >= 4 is 0 Å². The Labute approximate surface area is 134 Å². The molecule has 1 aromatic rings. The van der Waals surface area contributed by atoms with Gasteiger partial charge in [-0.25, -0.2) is 0 Å². The maximum Gasteiger partial charge on any atom is 0.115 e. The number of aromatic hydroxyl groups is 1. The normalized spacial score (nSPS) is 33.2. The third kappa shape index (κ3) is 2.28. The van der Waals surface area contributed by atoms with Crippen LogP contribution in [0, 0.1) is 5.92 Å². The zero-order chi connectivity index (χ0) is 15.9. The van der Waals surface area contributed by atoms with Gasteiger partial charge < -0.3 is 10.4 Å². The van der Waals surface area contributed by atoms with E-state index in [2.05, 4.69) is 45.2 Å². The Balaban J connectivity index is 2.14. The predicted molar refractivity (Wildman–Crippen MR) is 92.4 cm³/mol. The lowest BCUT2D eigenvalue weighted by Crippen LogP contribution is -2.58. The van der Waals surface area contributed by atoms with Gasteiger partial charge in [-0.1, -0.05) is 31.6 Å². The average molecular weight is 299 g/mol. The van der Waals surface area contributed by atoms with Crippen molar-refractivity contribution in [3.8, 4) is 5.75 Å². The van der Waals surface area contributed by atoms with Gasteiger partial charge in [-0.15, -0.1) is 0 Å². The summed E-state index contributed by atoms with van der Waals surface area (Å²) in [7, 11) is 0. The first-order valence-electron chi connectivity index (χ1n) is 8.69. The highest BCUT2D eigenvalue weighted by atomic mass is 16.3. The van der Waals surface area contributed by atoms with Crippen LogP contribution in [0.2, 0.25) is 0 Å². The zero-order valence-corrected chi connectivity index (χ0v) is 14.3. The lowest BCUT2D eigenvalue weighted by molar-refractivity contribution is 0.116. The Kier molecular flexibility index (Phi) is 4.07. The molecule has 0 spiro atoms. The zero-order valence-electron chi connectivity index (χ0n) is 14.3. The SMILES string of the molecule is CCC12CCNC(C(CC=C(C)C)c3ccc(O)cc31)C2C. The molecule has 0 amide bonds. The summed E-state index contributed by atoms with van der Waals surface area (Å²) < 4.78 is 0. The molecule has 22 heavy (non-hydrogen) atoms. The molecule has 2 bridgehead atoms. The van der Waals surface area contributed by atoms with E-state index in [4.69, 9.17) is 0 Å². The van der Waals surface area contributed by atoms with Crippen molar-refractivity contribution in [3.63, 3.8) is 0 Å². The van der Waals surface area contributed by atoms with Gasteiger partial charge in [-0.05, 0) is 68.8 Å². The third-order valence-corrected chi connectivity index (χ3v) is 6.18. The number of phenolic OH excluding ortho intramolecular Hbond substituents is 1. The molecule has 2 N–H and O–H groups in total. The highest BCUT2D eigenvalue weighted by Gasteiger charge is 2.50. The average Bonchev–Trinajstić information content (AvgIpc) is 2.48. The van der Waals surface area contributed by atoms with Crippen LogP contribution in [-0.4, -0.2) is 17.7 Å². The van der Waals surface area contributed by atoms with E-state index in [0.29, 0.717) is 23.6 Å². The molecule has 1 aromatic carbocycles. The maximum absolute atomic E-state index is 10.1. The number of benzene rings is 1. The second kappa shape index (κ2) is 5.73. The smallest absolute Gasteiger partial charge is 0.115 e. The Morgan fingerprint density at radius 2 is 2.18 bits per heavy atom. The van der Waals surface area contributed by atoms with Gasteiger partial charge in [0.25, 0.3) is 0 Å². The molecule has 1 fully saturated rings. The topological polar surface area (TPSA) is 32.3 Å². The fourth-order valence-electron chi connectivity index (χ4n) is 4.90. The minimum absolute atomic E-state index is 0.228.